The van der Waals surface area contributed by atoms with Gasteiger partial charge in [0.1, 0.15) is 10.7 Å². The summed E-state index contributed by atoms with van der Waals surface area (Å²) in [4.78, 5) is 31.7. The highest BCUT2D eigenvalue weighted by Crippen LogP contribution is 2.26. The van der Waals surface area contributed by atoms with Crippen molar-refractivity contribution in [1.29, 1.82) is 0 Å². The topological polar surface area (TPSA) is 94.7 Å². The SMILES string of the molecule is Cc1sc2ncn(CCC(=O)Nc3cccc(-c4nnc5n4CCCCC5)c3)c(=O)c2c1C. The molecule has 1 amide bonds. The maximum absolute atomic E-state index is 12.8. The summed E-state index contributed by atoms with van der Waals surface area (Å²) >= 11 is 1.52. The number of aryl methyl sites for hydroxylation is 4. The highest BCUT2D eigenvalue weighted by Gasteiger charge is 2.17. The molecule has 0 saturated heterocycles. The van der Waals surface area contributed by atoms with Crippen LogP contribution in [0.4, 0.5) is 5.69 Å². The summed E-state index contributed by atoms with van der Waals surface area (Å²) in [6, 6.07) is 7.69. The average Bonchev–Trinajstić information content (AvgIpc) is 3.24. The van der Waals surface area contributed by atoms with Crippen LogP contribution >= 0.6 is 11.3 Å². The van der Waals surface area contributed by atoms with Crippen LogP contribution in [0.5, 0.6) is 0 Å². The van der Waals surface area contributed by atoms with Gasteiger partial charge in [-0.1, -0.05) is 18.6 Å². The van der Waals surface area contributed by atoms with Crippen LogP contribution in [0.15, 0.2) is 35.4 Å². The lowest BCUT2D eigenvalue weighted by atomic mass is 10.2. The number of nitrogens with zero attached hydrogens (tertiary/aromatic N) is 5. The van der Waals surface area contributed by atoms with Gasteiger partial charge in [-0.15, -0.1) is 21.5 Å². The summed E-state index contributed by atoms with van der Waals surface area (Å²) in [6.07, 6.45) is 6.14. The average molecular weight is 463 g/mol. The first kappa shape index (κ1) is 21.5. The highest BCUT2D eigenvalue weighted by atomic mass is 32.1. The number of hydrogen-bond donors (Lipinski definition) is 1. The number of carbonyl (C=O) groups excluding carboxylic acids is 1. The third-order valence-corrected chi connectivity index (χ3v) is 7.36. The molecule has 0 spiro atoms. The van der Waals surface area contributed by atoms with E-state index in [2.05, 4.69) is 25.1 Å². The van der Waals surface area contributed by atoms with Crippen molar-refractivity contribution in [2.45, 2.75) is 59.0 Å². The van der Waals surface area contributed by atoms with E-state index in [1.165, 1.54) is 28.7 Å². The standard InChI is InChI=1S/C24H26N6O2S/c1-15-16(2)33-23-21(15)24(32)29(14-25-23)12-10-20(31)26-18-8-6-7-17(13-18)22-28-27-19-9-4-3-5-11-30(19)22/h6-8,13-14H,3-5,9-12H2,1-2H3,(H,26,31). The van der Waals surface area contributed by atoms with E-state index in [-0.39, 0.29) is 24.4 Å². The van der Waals surface area contributed by atoms with Gasteiger partial charge in [0.05, 0.1) is 11.7 Å². The van der Waals surface area contributed by atoms with Gasteiger partial charge in [0, 0.05) is 42.1 Å². The van der Waals surface area contributed by atoms with Crippen molar-refractivity contribution in [2.24, 2.45) is 0 Å². The second kappa shape index (κ2) is 8.90. The van der Waals surface area contributed by atoms with E-state index in [0.717, 1.165) is 58.3 Å². The van der Waals surface area contributed by atoms with Crippen molar-refractivity contribution in [2.75, 3.05) is 5.32 Å². The molecule has 0 unspecified atom stereocenters. The van der Waals surface area contributed by atoms with Crippen LogP contribution < -0.4 is 10.9 Å². The first-order valence-electron chi connectivity index (χ1n) is 11.3. The Kier molecular flexibility index (Phi) is 5.80. The van der Waals surface area contributed by atoms with Crippen LogP contribution in [0.1, 0.15) is 41.9 Å². The quantitative estimate of drug-likeness (QED) is 0.482. The number of thiophene rings is 1. The molecule has 9 heteroatoms. The third-order valence-electron chi connectivity index (χ3n) is 6.25. The Balaban J connectivity index is 1.29. The molecule has 33 heavy (non-hydrogen) atoms. The molecule has 1 aromatic carbocycles. The molecule has 0 atom stereocenters. The summed E-state index contributed by atoms with van der Waals surface area (Å²) in [5.41, 5.74) is 2.51. The maximum Gasteiger partial charge on any atom is 0.262 e. The van der Waals surface area contributed by atoms with Gasteiger partial charge in [0.15, 0.2) is 5.82 Å². The summed E-state index contributed by atoms with van der Waals surface area (Å²) < 4.78 is 3.71. The van der Waals surface area contributed by atoms with E-state index in [1.807, 2.05) is 38.1 Å². The Bertz CT molecular complexity index is 1400. The molecule has 0 bridgehead atoms. The molecule has 0 saturated carbocycles. The van der Waals surface area contributed by atoms with Crippen LogP contribution in [0.25, 0.3) is 21.6 Å². The molecule has 4 heterocycles. The summed E-state index contributed by atoms with van der Waals surface area (Å²) in [7, 11) is 0. The van der Waals surface area contributed by atoms with Gasteiger partial charge in [-0.2, -0.15) is 0 Å². The largest absolute Gasteiger partial charge is 0.326 e. The lowest BCUT2D eigenvalue weighted by molar-refractivity contribution is -0.116. The summed E-state index contributed by atoms with van der Waals surface area (Å²) in [5, 5.41) is 12.4. The van der Waals surface area contributed by atoms with Gasteiger partial charge in [0.2, 0.25) is 5.91 Å². The highest BCUT2D eigenvalue weighted by molar-refractivity contribution is 7.18. The molecular weight excluding hydrogens is 436 g/mol. The third kappa shape index (κ3) is 4.20. The number of rotatable bonds is 5. The smallest absolute Gasteiger partial charge is 0.262 e. The minimum atomic E-state index is -0.155. The Labute approximate surface area is 195 Å². The van der Waals surface area contributed by atoms with E-state index in [0.29, 0.717) is 11.1 Å². The predicted octanol–water partition coefficient (Wildman–Crippen LogP) is 4.09. The fraction of sp³-hybridized carbons (Fsp3) is 0.375. The Hall–Kier alpha value is -3.33. The van der Waals surface area contributed by atoms with Gasteiger partial charge in [-0.3, -0.25) is 14.2 Å². The second-order valence-corrected chi connectivity index (χ2v) is 9.69. The second-order valence-electron chi connectivity index (χ2n) is 8.49. The van der Waals surface area contributed by atoms with Crippen LogP contribution in [0.2, 0.25) is 0 Å². The van der Waals surface area contributed by atoms with Crippen molar-refractivity contribution in [3.8, 4) is 11.4 Å². The summed E-state index contributed by atoms with van der Waals surface area (Å²) in [5.74, 6) is 1.72. The van der Waals surface area contributed by atoms with Crippen molar-refractivity contribution in [1.82, 2.24) is 24.3 Å². The molecule has 1 N–H and O–H groups in total. The fourth-order valence-electron chi connectivity index (χ4n) is 4.31. The van der Waals surface area contributed by atoms with Gasteiger partial charge in [0.25, 0.3) is 5.56 Å². The van der Waals surface area contributed by atoms with Gasteiger partial charge in [-0.05, 0) is 44.4 Å². The Morgan fingerprint density at radius 1 is 1.18 bits per heavy atom. The first-order chi connectivity index (χ1) is 16.0. The number of aromatic nitrogens is 5. The number of amides is 1. The van der Waals surface area contributed by atoms with Gasteiger partial charge < -0.3 is 9.88 Å². The molecule has 170 valence electrons. The minimum absolute atomic E-state index is 0.0934. The van der Waals surface area contributed by atoms with Gasteiger partial charge in [-0.25, -0.2) is 4.98 Å². The number of nitrogens with one attached hydrogen (secondary N) is 1. The fourth-order valence-corrected chi connectivity index (χ4v) is 5.30. The lowest BCUT2D eigenvalue weighted by Gasteiger charge is -2.10. The molecule has 4 aromatic rings. The van der Waals surface area contributed by atoms with Gasteiger partial charge >= 0.3 is 0 Å². The zero-order valence-electron chi connectivity index (χ0n) is 18.8. The van der Waals surface area contributed by atoms with E-state index in [4.69, 9.17) is 0 Å². The van der Waals surface area contributed by atoms with Crippen molar-refractivity contribution in [3.63, 3.8) is 0 Å². The van der Waals surface area contributed by atoms with Crippen LogP contribution in [-0.4, -0.2) is 30.2 Å². The molecule has 3 aromatic heterocycles. The van der Waals surface area contributed by atoms with E-state index in [9.17, 15) is 9.59 Å². The number of anilines is 1. The number of benzene rings is 1. The number of hydrogen-bond acceptors (Lipinski definition) is 6. The van der Waals surface area contributed by atoms with Crippen LogP contribution in [0.3, 0.4) is 0 Å². The Morgan fingerprint density at radius 3 is 2.94 bits per heavy atom. The molecule has 0 aliphatic carbocycles. The Morgan fingerprint density at radius 2 is 2.06 bits per heavy atom. The van der Waals surface area contributed by atoms with Crippen molar-refractivity contribution in [3.05, 3.63) is 57.2 Å². The predicted molar refractivity (Wildman–Crippen MR) is 130 cm³/mol. The number of carbonyl (C=O) groups is 1. The lowest BCUT2D eigenvalue weighted by Crippen LogP contribution is -2.23. The van der Waals surface area contributed by atoms with Crippen LogP contribution in [0, 0.1) is 13.8 Å². The zero-order valence-corrected chi connectivity index (χ0v) is 19.6. The molecular formula is C24H26N6O2S. The maximum atomic E-state index is 12.8. The molecule has 5 rings (SSSR count). The van der Waals surface area contributed by atoms with Crippen molar-refractivity contribution >= 4 is 33.1 Å². The van der Waals surface area contributed by atoms with E-state index < -0.39 is 0 Å². The zero-order chi connectivity index (χ0) is 22.9. The molecule has 1 aliphatic rings. The normalized spacial score (nSPS) is 13.6. The molecule has 1 aliphatic heterocycles. The van der Waals surface area contributed by atoms with Crippen LogP contribution in [-0.2, 0) is 24.3 Å². The van der Waals surface area contributed by atoms with E-state index >= 15 is 0 Å². The van der Waals surface area contributed by atoms with Crippen molar-refractivity contribution < 1.29 is 4.79 Å². The first-order valence-corrected chi connectivity index (χ1v) is 12.1. The number of fused-ring (bicyclic) bond motifs is 2. The van der Waals surface area contributed by atoms with E-state index in [1.54, 1.807) is 0 Å². The minimum Gasteiger partial charge on any atom is -0.326 e. The molecule has 0 fully saturated rings. The summed E-state index contributed by atoms with van der Waals surface area (Å²) in [6.45, 7) is 5.13. The monoisotopic (exact) mass is 462 g/mol. The molecule has 0 radical (unpaired) electrons. The molecule has 8 nitrogen and oxygen atoms in total.